The second-order valence-electron chi connectivity index (χ2n) is 13.5. The smallest absolute Gasteiger partial charge is 0.132 e. The Morgan fingerprint density at radius 1 is 0.510 bits per heavy atom. The fraction of sp³-hybridized carbons (Fsp3) is 0.0833. The molecule has 0 radical (unpaired) electrons. The maximum absolute atomic E-state index is 6.62. The molecule has 7 aromatic carbocycles. The molecule has 1 aliphatic heterocycles. The van der Waals surface area contributed by atoms with Gasteiger partial charge in [0.15, 0.2) is 0 Å². The third kappa shape index (κ3) is 4.54. The highest BCUT2D eigenvalue weighted by Crippen LogP contribution is 2.51. The van der Waals surface area contributed by atoms with E-state index < -0.39 is 0 Å². The van der Waals surface area contributed by atoms with Gasteiger partial charge in [-0.3, -0.25) is 0 Å². The Bertz CT molecular complexity index is 2500. The van der Waals surface area contributed by atoms with Crippen LogP contribution in [0.5, 0.6) is 5.75 Å². The number of fused-ring (bicyclic) bond motifs is 7. The van der Waals surface area contributed by atoms with E-state index in [0.717, 1.165) is 12.2 Å². The van der Waals surface area contributed by atoms with Crippen LogP contribution in [0.2, 0.25) is 0 Å². The molecule has 49 heavy (non-hydrogen) atoms. The normalized spacial score (nSPS) is 19.2. The van der Waals surface area contributed by atoms with Crippen LogP contribution in [0.1, 0.15) is 34.9 Å². The van der Waals surface area contributed by atoms with Crippen molar-refractivity contribution in [1.29, 1.82) is 0 Å². The summed E-state index contributed by atoms with van der Waals surface area (Å²) in [5.74, 6) is 1.61. The summed E-state index contributed by atoms with van der Waals surface area (Å²) < 4.78 is 6.62. The van der Waals surface area contributed by atoms with Gasteiger partial charge < -0.3 is 4.74 Å². The molecule has 0 saturated heterocycles. The Balaban J connectivity index is 1.09. The van der Waals surface area contributed by atoms with Gasteiger partial charge in [-0.1, -0.05) is 170 Å². The van der Waals surface area contributed by atoms with Gasteiger partial charge in [-0.25, -0.2) is 0 Å². The fourth-order valence-electron chi connectivity index (χ4n) is 8.49. The van der Waals surface area contributed by atoms with Crippen LogP contribution in [0.15, 0.2) is 176 Å². The predicted molar refractivity (Wildman–Crippen MR) is 206 cm³/mol. The van der Waals surface area contributed by atoms with E-state index in [0.29, 0.717) is 5.92 Å². The molecule has 0 fully saturated rings. The molecule has 0 amide bonds. The number of allylic oxidation sites excluding steroid dienone is 6. The predicted octanol–water partition coefficient (Wildman–Crippen LogP) is 12.6. The van der Waals surface area contributed by atoms with E-state index in [-0.39, 0.29) is 12.0 Å². The summed E-state index contributed by atoms with van der Waals surface area (Å²) in [6.45, 7) is 0. The molecule has 3 aliphatic rings. The lowest BCUT2D eigenvalue weighted by molar-refractivity contribution is 0.274. The summed E-state index contributed by atoms with van der Waals surface area (Å²) >= 11 is 0. The van der Waals surface area contributed by atoms with Gasteiger partial charge in [-0.15, -0.1) is 0 Å². The monoisotopic (exact) mass is 626 g/mol. The van der Waals surface area contributed by atoms with Crippen LogP contribution in [0, 0.1) is 0 Å². The molecule has 0 spiro atoms. The molecule has 1 heterocycles. The van der Waals surface area contributed by atoms with Gasteiger partial charge in [-0.2, -0.15) is 0 Å². The zero-order valence-corrected chi connectivity index (χ0v) is 27.1. The zero-order valence-electron chi connectivity index (χ0n) is 27.1. The van der Waals surface area contributed by atoms with Crippen LogP contribution < -0.4 is 4.74 Å². The Labute approximate surface area is 286 Å². The van der Waals surface area contributed by atoms with Crippen molar-refractivity contribution in [2.45, 2.75) is 24.4 Å². The van der Waals surface area contributed by atoms with Crippen molar-refractivity contribution >= 4 is 37.9 Å². The van der Waals surface area contributed by atoms with Gasteiger partial charge in [0.25, 0.3) is 0 Å². The van der Waals surface area contributed by atoms with Crippen molar-refractivity contribution in [1.82, 2.24) is 0 Å². The number of hydrogen-bond acceptors (Lipinski definition) is 1. The molecule has 2 aliphatic carbocycles. The molecule has 3 unspecified atom stereocenters. The summed E-state index contributed by atoms with van der Waals surface area (Å²) in [5.41, 5.74) is 10.3. The lowest BCUT2D eigenvalue weighted by Gasteiger charge is -2.23. The average Bonchev–Trinajstić information content (AvgIpc) is 3.57. The fourth-order valence-corrected chi connectivity index (χ4v) is 8.49. The van der Waals surface area contributed by atoms with Crippen molar-refractivity contribution in [3.05, 3.63) is 193 Å². The zero-order chi connectivity index (χ0) is 32.3. The molecule has 0 aromatic heterocycles. The molecule has 1 nitrogen and oxygen atoms in total. The molecule has 1 heteroatoms. The first-order valence-corrected chi connectivity index (χ1v) is 17.4. The van der Waals surface area contributed by atoms with Gasteiger partial charge in [0.2, 0.25) is 0 Å². The van der Waals surface area contributed by atoms with E-state index in [1.54, 1.807) is 0 Å². The minimum absolute atomic E-state index is 0.00465. The van der Waals surface area contributed by atoms with E-state index in [1.807, 2.05) is 0 Å². The van der Waals surface area contributed by atoms with E-state index in [4.69, 9.17) is 4.74 Å². The minimum Gasteiger partial charge on any atom is -0.484 e. The SMILES string of the molecule is C1=CCC(c2cccc(-c3c4ccccc4c(-c4ccc(C5=CC=CC6Oc7c(ccc8ccccc78)C56)cc4)c4ccccc34)c2)C=C1. The first-order valence-electron chi connectivity index (χ1n) is 17.4. The van der Waals surface area contributed by atoms with Gasteiger partial charge in [0.05, 0.1) is 5.92 Å². The lowest BCUT2D eigenvalue weighted by Crippen LogP contribution is -2.19. The molecule has 0 saturated carbocycles. The number of rotatable bonds is 4. The summed E-state index contributed by atoms with van der Waals surface area (Å²) in [5, 5.41) is 7.53. The molecule has 0 N–H and O–H groups in total. The molecule has 10 rings (SSSR count). The van der Waals surface area contributed by atoms with Crippen LogP contribution in [0.4, 0.5) is 0 Å². The quantitative estimate of drug-likeness (QED) is 0.177. The van der Waals surface area contributed by atoms with Crippen LogP contribution in [0.25, 0.3) is 60.1 Å². The Kier molecular flexibility index (Phi) is 6.52. The number of benzene rings is 7. The van der Waals surface area contributed by atoms with Crippen LogP contribution in [0.3, 0.4) is 0 Å². The maximum atomic E-state index is 6.62. The van der Waals surface area contributed by atoms with Crippen LogP contribution >= 0.6 is 0 Å². The highest BCUT2D eigenvalue weighted by atomic mass is 16.5. The number of ether oxygens (including phenoxy) is 1. The Hall–Kier alpha value is -5.92. The van der Waals surface area contributed by atoms with Gasteiger partial charge in [0.1, 0.15) is 11.9 Å². The third-order valence-corrected chi connectivity index (χ3v) is 10.8. The molecule has 7 aromatic rings. The Morgan fingerprint density at radius 2 is 1.18 bits per heavy atom. The van der Waals surface area contributed by atoms with E-state index in [2.05, 4.69) is 176 Å². The first-order chi connectivity index (χ1) is 24.3. The van der Waals surface area contributed by atoms with E-state index in [1.165, 1.54) is 76.8 Å². The lowest BCUT2D eigenvalue weighted by atomic mass is 9.80. The van der Waals surface area contributed by atoms with Crippen molar-refractivity contribution in [2.75, 3.05) is 0 Å². The van der Waals surface area contributed by atoms with E-state index >= 15 is 0 Å². The second-order valence-corrected chi connectivity index (χ2v) is 13.5. The maximum Gasteiger partial charge on any atom is 0.132 e. The van der Waals surface area contributed by atoms with E-state index in [9.17, 15) is 0 Å². The standard InChI is InChI=1S/C48H34O/c1-2-12-31(13-3-1)35-15-10-16-36(30-35)46-41-20-8-6-18-39(41)45(40-19-7-9-21-42(40)46)34-26-24-33(25-27-34)37-22-11-23-44-47(37)43-29-28-32-14-4-5-17-38(32)48(43)49-44/h1-12,14-31,44,47H,13H2. The summed E-state index contributed by atoms with van der Waals surface area (Å²) in [7, 11) is 0. The highest BCUT2D eigenvalue weighted by molar-refractivity contribution is 6.21. The first kappa shape index (κ1) is 28.1. The molecular formula is C48H34O. The van der Waals surface area contributed by atoms with Crippen molar-refractivity contribution in [3.63, 3.8) is 0 Å². The summed E-state index contributed by atoms with van der Waals surface area (Å²) in [4.78, 5) is 0. The average molecular weight is 627 g/mol. The second kappa shape index (κ2) is 11.4. The molecular weight excluding hydrogens is 593 g/mol. The third-order valence-electron chi connectivity index (χ3n) is 10.8. The van der Waals surface area contributed by atoms with Crippen LogP contribution in [-0.2, 0) is 0 Å². The molecule has 0 bridgehead atoms. The highest BCUT2D eigenvalue weighted by Gasteiger charge is 2.38. The summed E-state index contributed by atoms with van der Waals surface area (Å²) in [6.07, 6.45) is 16.6. The van der Waals surface area contributed by atoms with Gasteiger partial charge in [-0.05, 0) is 78.4 Å². The van der Waals surface area contributed by atoms with Gasteiger partial charge in [0, 0.05) is 16.9 Å². The molecule has 232 valence electrons. The minimum atomic E-state index is 0.00465. The Morgan fingerprint density at radius 3 is 1.90 bits per heavy atom. The topological polar surface area (TPSA) is 9.23 Å². The van der Waals surface area contributed by atoms with Crippen molar-refractivity contribution in [3.8, 4) is 28.0 Å². The summed E-state index contributed by atoms with van der Waals surface area (Å²) in [6, 6.07) is 49.4. The largest absolute Gasteiger partial charge is 0.484 e. The van der Waals surface area contributed by atoms with Crippen molar-refractivity contribution in [2.24, 2.45) is 0 Å². The molecule has 3 atom stereocenters. The number of hydrogen-bond donors (Lipinski definition) is 0. The van der Waals surface area contributed by atoms with Crippen molar-refractivity contribution < 1.29 is 4.74 Å². The van der Waals surface area contributed by atoms with Crippen LogP contribution in [-0.4, -0.2) is 6.10 Å². The van der Waals surface area contributed by atoms with Gasteiger partial charge >= 0.3 is 0 Å².